The third-order valence-corrected chi connectivity index (χ3v) is 7.33. The molecule has 1 N–H and O–H groups in total. The van der Waals surface area contributed by atoms with Crippen molar-refractivity contribution in [3.8, 4) is 5.75 Å². The molecular formula is C23H25FN8O4S2. The SMILES string of the molecule is CCc1nc(NS(C)(=O)=O)ncc1OCC(=O)N1CCc2nc3sc(C)nn3c2C1c1ncc(C)cc1F. The van der Waals surface area contributed by atoms with E-state index in [0.717, 1.165) is 17.0 Å². The second-order valence-electron chi connectivity index (χ2n) is 8.90. The summed E-state index contributed by atoms with van der Waals surface area (Å²) < 4.78 is 47.9. The molecule has 1 amide bonds. The molecule has 4 aromatic rings. The molecule has 1 aliphatic heterocycles. The van der Waals surface area contributed by atoms with Crippen LogP contribution in [0.4, 0.5) is 10.3 Å². The van der Waals surface area contributed by atoms with E-state index in [4.69, 9.17) is 4.74 Å². The van der Waals surface area contributed by atoms with Crippen LogP contribution in [0.15, 0.2) is 18.5 Å². The Balaban J connectivity index is 1.46. The van der Waals surface area contributed by atoms with Crippen molar-refractivity contribution in [2.24, 2.45) is 0 Å². The molecule has 0 bridgehead atoms. The highest BCUT2D eigenvalue weighted by atomic mass is 32.2. The molecule has 0 saturated heterocycles. The number of aryl methyl sites for hydroxylation is 3. The van der Waals surface area contributed by atoms with Gasteiger partial charge in [0.2, 0.25) is 20.9 Å². The standard InChI is InChI=1S/C23H25FN8O4S2/c1-5-15-17(10-26-22(27-15)30-38(4,34)35)36-11-18(33)31-7-6-16-20(32-23(28-16)37-13(3)29-32)21(31)19-14(24)8-12(2)9-25-19/h8-10,21H,5-7,11H2,1-4H3,(H,26,27,30). The number of nitrogens with one attached hydrogen (secondary N) is 1. The number of sulfonamides is 1. The van der Waals surface area contributed by atoms with E-state index in [1.807, 2.05) is 13.8 Å². The Kier molecular flexibility index (Phi) is 6.73. The van der Waals surface area contributed by atoms with Crippen LogP contribution in [-0.2, 0) is 27.7 Å². The number of hydrogen-bond acceptors (Lipinski definition) is 10. The van der Waals surface area contributed by atoms with Gasteiger partial charge in [-0.05, 0) is 31.9 Å². The van der Waals surface area contributed by atoms with Crippen molar-refractivity contribution in [1.82, 2.24) is 34.4 Å². The Labute approximate surface area is 222 Å². The van der Waals surface area contributed by atoms with E-state index in [2.05, 4.69) is 29.8 Å². The molecule has 1 unspecified atom stereocenters. The minimum absolute atomic E-state index is 0.0872. The molecule has 5 rings (SSSR count). The van der Waals surface area contributed by atoms with Gasteiger partial charge in [0.1, 0.15) is 22.6 Å². The van der Waals surface area contributed by atoms with Crippen molar-refractivity contribution in [3.63, 3.8) is 0 Å². The van der Waals surface area contributed by atoms with Gasteiger partial charge in [-0.2, -0.15) is 5.10 Å². The second-order valence-corrected chi connectivity index (χ2v) is 11.8. The molecule has 0 aromatic carbocycles. The van der Waals surface area contributed by atoms with Gasteiger partial charge in [-0.15, -0.1) is 0 Å². The summed E-state index contributed by atoms with van der Waals surface area (Å²) in [6, 6.07) is 0.534. The predicted molar refractivity (Wildman–Crippen MR) is 137 cm³/mol. The Bertz CT molecular complexity index is 1650. The van der Waals surface area contributed by atoms with E-state index in [1.165, 1.54) is 28.5 Å². The number of fused-ring (bicyclic) bond motifs is 3. The van der Waals surface area contributed by atoms with Crippen molar-refractivity contribution >= 4 is 38.2 Å². The van der Waals surface area contributed by atoms with Gasteiger partial charge in [0, 0.05) is 19.2 Å². The molecule has 200 valence electrons. The fraction of sp³-hybridized carbons (Fsp3) is 0.391. The molecule has 4 aromatic heterocycles. The second kappa shape index (κ2) is 9.87. The average molecular weight is 561 g/mol. The number of hydrogen-bond donors (Lipinski definition) is 1. The van der Waals surface area contributed by atoms with Gasteiger partial charge < -0.3 is 9.64 Å². The normalized spacial score (nSPS) is 15.5. The van der Waals surface area contributed by atoms with E-state index in [9.17, 15) is 13.2 Å². The van der Waals surface area contributed by atoms with Crippen LogP contribution in [-0.4, -0.2) is 68.2 Å². The Morgan fingerprint density at radius 2 is 2.05 bits per heavy atom. The van der Waals surface area contributed by atoms with Crippen molar-refractivity contribution in [2.45, 2.75) is 39.7 Å². The monoisotopic (exact) mass is 560 g/mol. The Hall–Kier alpha value is -3.72. The number of aromatic nitrogens is 6. The number of amides is 1. The van der Waals surface area contributed by atoms with E-state index in [1.54, 1.807) is 17.6 Å². The molecule has 12 nitrogen and oxygen atoms in total. The lowest BCUT2D eigenvalue weighted by Crippen LogP contribution is -2.44. The number of halogens is 1. The maximum absolute atomic E-state index is 15.2. The lowest BCUT2D eigenvalue weighted by Gasteiger charge is -2.35. The zero-order chi connectivity index (χ0) is 27.2. The summed E-state index contributed by atoms with van der Waals surface area (Å²) in [5.74, 6) is -0.768. The van der Waals surface area contributed by atoms with Gasteiger partial charge in [-0.25, -0.2) is 32.3 Å². The summed E-state index contributed by atoms with van der Waals surface area (Å²) in [5.41, 5.74) is 2.54. The van der Waals surface area contributed by atoms with Crippen LogP contribution in [0.3, 0.4) is 0 Å². The Morgan fingerprint density at radius 1 is 1.26 bits per heavy atom. The third-order valence-electron chi connectivity index (χ3n) is 5.95. The minimum atomic E-state index is -3.55. The molecule has 0 saturated carbocycles. The quantitative estimate of drug-likeness (QED) is 0.360. The fourth-order valence-electron chi connectivity index (χ4n) is 4.37. The van der Waals surface area contributed by atoms with Gasteiger partial charge in [-0.1, -0.05) is 18.3 Å². The molecular weight excluding hydrogens is 535 g/mol. The van der Waals surface area contributed by atoms with Gasteiger partial charge in [0.25, 0.3) is 5.91 Å². The number of ether oxygens (including phenoxy) is 1. The number of carbonyl (C=O) groups is 1. The summed E-state index contributed by atoms with van der Waals surface area (Å²) in [5, 5.41) is 5.33. The van der Waals surface area contributed by atoms with E-state index in [0.29, 0.717) is 34.8 Å². The third kappa shape index (κ3) is 5.03. The number of pyridine rings is 1. The van der Waals surface area contributed by atoms with Crippen molar-refractivity contribution in [2.75, 3.05) is 24.1 Å². The van der Waals surface area contributed by atoms with Crippen LogP contribution in [0, 0.1) is 19.7 Å². The Morgan fingerprint density at radius 3 is 2.76 bits per heavy atom. The molecule has 0 aliphatic carbocycles. The highest BCUT2D eigenvalue weighted by Gasteiger charge is 2.39. The van der Waals surface area contributed by atoms with Crippen molar-refractivity contribution < 1.29 is 22.3 Å². The lowest BCUT2D eigenvalue weighted by atomic mass is 9.98. The van der Waals surface area contributed by atoms with E-state index in [-0.39, 0.29) is 30.5 Å². The number of imidazole rings is 1. The van der Waals surface area contributed by atoms with Crippen LogP contribution in [0.1, 0.15) is 46.3 Å². The molecule has 15 heteroatoms. The van der Waals surface area contributed by atoms with Crippen molar-refractivity contribution in [1.29, 1.82) is 0 Å². The predicted octanol–water partition coefficient (Wildman–Crippen LogP) is 2.22. The smallest absolute Gasteiger partial charge is 0.261 e. The van der Waals surface area contributed by atoms with Crippen LogP contribution in [0.2, 0.25) is 0 Å². The molecule has 1 atom stereocenters. The fourth-order valence-corrected chi connectivity index (χ4v) is 5.57. The first-order chi connectivity index (χ1) is 18.0. The highest BCUT2D eigenvalue weighted by molar-refractivity contribution is 7.91. The number of anilines is 1. The average Bonchev–Trinajstić information content (AvgIpc) is 3.37. The van der Waals surface area contributed by atoms with Gasteiger partial charge >= 0.3 is 0 Å². The van der Waals surface area contributed by atoms with Crippen LogP contribution in [0.25, 0.3) is 4.96 Å². The maximum Gasteiger partial charge on any atom is 0.261 e. The van der Waals surface area contributed by atoms with E-state index < -0.39 is 27.8 Å². The largest absolute Gasteiger partial charge is 0.480 e. The molecule has 38 heavy (non-hydrogen) atoms. The number of nitrogens with zero attached hydrogens (tertiary/aromatic N) is 7. The van der Waals surface area contributed by atoms with Crippen LogP contribution >= 0.6 is 11.3 Å². The lowest BCUT2D eigenvalue weighted by molar-refractivity contribution is -0.135. The maximum atomic E-state index is 15.2. The molecule has 5 heterocycles. The first-order valence-corrected chi connectivity index (χ1v) is 14.5. The van der Waals surface area contributed by atoms with E-state index >= 15 is 4.39 Å². The first-order valence-electron chi connectivity index (χ1n) is 11.8. The number of rotatable bonds is 7. The molecule has 0 fully saturated rings. The summed E-state index contributed by atoms with van der Waals surface area (Å²) in [7, 11) is -3.55. The highest BCUT2D eigenvalue weighted by Crippen LogP contribution is 2.37. The number of carbonyl (C=O) groups excluding carboxylic acids is 1. The van der Waals surface area contributed by atoms with Gasteiger partial charge in [0.15, 0.2) is 12.4 Å². The van der Waals surface area contributed by atoms with Crippen LogP contribution in [0.5, 0.6) is 5.75 Å². The molecule has 0 spiro atoms. The molecule has 1 aliphatic rings. The summed E-state index contributed by atoms with van der Waals surface area (Å²) in [6.45, 7) is 5.33. The summed E-state index contributed by atoms with van der Waals surface area (Å²) >= 11 is 1.42. The van der Waals surface area contributed by atoms with Crippen molar-refractivity contribution in [3.05, 3.63) is 57.6 Å². The van der Waals surface area contributed by atoms with Crippen LogP contribution < -0.4 is 9.46 Å². The topological polar surface area (TPSA) is 145 Å². The minimum Gasteiger partial charge on any atom is -0.480 e. The molecule has 0 radical (unpaired) electrons. The van der Waals surface area contributed by atoms with Gasteiger partial charge in [-0.3, -0.25) is 14.5 Å². The zero-order valence-corrected chi connectivity index (χ0v) is 22.7. The first kappa shape index (κ1) is 25.9. The van der Waals surface area contributed by atoms with Gasteiger partial charge in [0.05, 0.1) is 29.5 Å². The summed E-state index contributed by atoms with van der Waals surface area (Å²) in [6.07, 6.45) is 4.76. The zero-order valence-electron chi connectivity index (χ0n) is 21.1. The summed E-state index contributed by atoms with van der Waals surface area (Å²) in [4.78, 5) is 32.9.